The first-order valence-electron chi connectivity index (χ1n) is 4.36. The van der Waals surface area contributed by atoms with Gasteiger partial charge in [0.25, 0.3) is 0 Å². The molecule has 4 heteroatoms. The minimum atomic E-state index is -0.335. The SMILES string of the molecule is COC(=O)Cc1ccc(CBr)cc1C#N. The van der Waals surface area contributed by atoms with Crippen LogP contribution in [0.5, 0.6) is 0 Å². The summed E-state index contributed by atoms with van der Waals surface area (Å²) < 4.78 is 4.55. The number of nitriles is 1. The molecule has 0 aromatic heterocycles. The van der Waals surface area contributed by atoms with Crippen molar-refractivity contribution in [3.8, 4) is 6.07 Å². The lowest BCUT2D eigenvalue weighted by Gasteiger charge is -2.04. The fraction of sp³-hybridized carbons (Fsp3) is 0.273. The molecule has 0 spiro atoms. The predicted octanol–water partition coefficient (Wildman–Crippen LogP) is 2.17. The first kappa shape index (κ1) is 11.7. The highest BCUT2D eigenvalue weighted by molar-refractivity contribution is 9.08. The second kappa shape index (κ2) is 5.52. The van der Waals surface area contributed by atoms with E-state index in [0.29, 0.717) is 16.5 Å². The summed E-state index contributed by atoms with van der Waals surface area (Å²) in [4.78, 5) is 11.1. The molecule has 3 nitrogen and oxygen atoms in total. The predicted molar refractivity (Wildman–Crippen MR) is 59.5 cm³/mol. The van der Waals surface area contributed by atoms with Crippen molar-refractivity contribution in [1.82, 2.24) is 0 Å². The van der Waals surface area contributed by atoms with Crippen molar-refractivity contribution in [2.75, 3.05) is 7.11 Å². The van der Waals surface area contributed by atoms with Crippen LogP contribution >= 0.6 is 15.9 Å². The highest BCUT2D eigenvalue weighted by Gasteiger charge is 2.08. The second-order valence-corrected chi connectivity index (χ2v) is 3.55. The normalized spacial score (nSPS) is 9.40. The molecule has 0 saturated heterocycles. The van der Waals surface area contributed by atoms with Crippen molar-refractivity contribution in [3.63, 3.8) is 0 Å². The highest BCUT2D eigenvalue weighted by atomic mass is 79.9. The van der Waals surface area contributed by atoms with E-state index in [1.807, 2.05) is 6.07 Å². The third-order valence-corrected chi connectivity index (χ3v) is 2.66. The lowest BCUT2D eigenvalue weighted by molar-refractivity contribution is -0.139. The zero-order valence-electron chi connectivity index (χ0n) is 8.29. The van der Waals surface area contributed by atoms with E-state index < -0.39 is 0 Å². The number of alkyl halides is 1. The summed E-state index contributed by atoms with van der Waals surface area (Å²) in [5.41, 5.74) is 2.24. The van der Waals surface area contributed by atoms with Gasteiger partial charge in [-0.2, -0.15) is 5.26 Å². The minimum Gasteiger partial charge on any atom is -0.469 e. The number of halogens is 1. The molecule has 0 aliphatic rings. The number of carbonyl (C=O) groups excluding carboxylic acids is 1. The Morgan fingerprint density at radius 2 is 2.33 bits per heavy atom. The van der Waals surface area contributed by atoms with Crippen molar-refractivity contribution in [1.29, 1.82) is 5.26 Å². The molecular formula is C11H10BrNO2. The van der Waals surface area contributed by atoms with Gasteiger partial charge < -0.3 is 4.74 Å². The summed E-state index contributed by atoms with van der Waals surface area (Å²) in [5, 5.41) is 9.60. The Morgan fingerprint density at radius 3 is 2.87 bits per heavy atom. The molecule has 1 aromatic rings. The Kier molecular flexibility index (Phi) is 4.32. The number of methoxy groups -OCH3 is 1. The Labute approximate surface area is 96.8 Å². The van der Waals surface area contributed by atoms with E-state index in [-0.39, 0.29) is 12.4 Å². The number of esters is 1. The molecule has 0 aliphatic heterocycles. The molecule has 0 unspecified atom stereocenters. The van der Waals surface area contributed by atoms with E-state index in [9.17, 15) is 4.79 Å². The number of benzene rings is 1. The van der Waals surface area contributed by atoms with Gasteiger partial charge in [-0.25, -0.2) is 0 Å². The fourth-order valence-corrected chi connectivity index (χ4v) is 1.54. The summed E-state index contributed by atoms with van der Waals surface area (Å²) in [6, 6.07) is 7.51. The van der Waals surface area contributed by atoms with E-state index >= 15 is 0 Å². The van der Waals surface area contributed by atoms with Crippen LogP contribution in [0.3, 0.4) is 0 Å². The van der Waals surface area contributed by atoms with Gasteiger partial charge in [0.15, 0.2) is 0 Å². The van der Waals surface area contributed by atoms with Gasteiger partial charge in [-0.05, 0) is 17.2 Å². The second-order valence-electron chi connectivity index (χ2n) is 2.99. The van der Waals surface area contributed by atoms with Crippen LogP contribution in [0.15, 0.2) is 18.2 Å². The van der Waals surface area contributed by atoms with Crippen molar-refractivity contribution in [2.45, 2.75) is 11.8 Å². The molecule has 0 heterocycles. The van der Waals surface area contributed by atoms with Crippen LogP contribution in [-0.4, -0.2) is 13.1 Å². The number of hydrogen-bond donors (Lipinski definition) is 0. The molecule has 0 atom stereocenters. The van der Waals surface area contributed by atoms with Gasteiger partial charge in [-0.3, -0.25) is 4.79 Å². The van der Waals surface area contributed by atoms with Crippen molar-refractivity contribution >= 4 is 21.9 Å². The van der Waals surface area contributed by atoms with Crippen molar-refractivity contribution in [3.05, 3.63) is 34.9 Å². The number of rotatable bonds is 3. The summed E-state index contributed by atoms with van der Waals surface area (Å²) in [7, 11) is 1.33. The Morgan fingerprint density at radius 1 is 1.60 bits per heavy atom. The first-order chi connectivity index (χ1) is 7.21. The molecule has 0 aliphatic carbocycles. The van der Waals surface area contributed by atoms with Crippen LogP contribution in [0.25, 0.3) is 0 Å². The van der Waals surface area contributed by atoms with Crippen LogP contribution < -0.4 is 0 Å². The summed E-state index contributed by atoms with van der Waals surface area (Å²) in [6.07, 6.45) is 0.141. The zero-order valence-corrected chi connectivity index (χ0v) is 9.87. The van der Waals surface area contributed by atoms with Crippen molar-refractivity contribution in [2.24, 2.45) is 0 Å². The lowest BCUT2D eigenvalue weighted by Crippen LogP contribution is -2.06. The number of ether oxygens (including phenoxy) is 1. The molecule has 0 bridgehead atoms. The first-order valence-corrected chi connectivity index (χ1v) is 5.48. The monoisotopic (exact) mass is 267 g/mol. The number of nitrogens with zero attached hydrogens (tertiary/aromatic N) is 1. The van der Waals surface area contributed by atoms with E-state index in [1.165, 1.54) is 7.11 Å². The van der Waals surface area contributed by atoms with E-state index in [1.54, 1.807) is 12.1 Å². The fourth-order valence-electron chi connectivity index (χ4n) is 1.19. The third-order valence-electron chi connectivity index (χ3n) is 2.01. The minimum absolute atomic E-state index is 0.141. The Hall–Kier alpha value is -1.34. The van der Waals surface area contributed by atoms with Crippen LogP contribution in [0.2, 0.25) is 0 Å². The molecule has 78 valence electrons. The molecule has 0 fully saturated rings. The molecule has 1 rings (SSSR count). The molecule has 0 radical (unpaired) electrons. The highest BCUT2D eigenvalue weighted by Crippen LogP contribution is 2.14. The quantitative estimate of drug-likeness (QED) is 0.623. The van der Waals surface area contributed by atoms with Gasteiger partial charge in [0.1, 0.15) is 0 Å². The number of carbonyl (C=O) groups is 1. The number of hydrogen-bond acceptors (Lipinski definition) is 3. The average Bonchev–Trinajstić information content (AvgIpc) is 2.29. The summed E-state index contributed by atoms with van der Waals surface area (Å²) in [6.45, 7) is 0. The summed E-state index contributed by atoms with van der Waals surface area (Å²) >= 11 is 3.31. The van der Waals surface area contributed by atoms with E-state index in [4.69, 9.17) is 5.26 Å². The Bertz CT molecular complexity index is 410. The van der Waals surface area contributed by atoms with Crippen LogP contribution in [-0.2, 0) is 21.3 Å². The maximum Gasteiger partial charge on any atom is 0.310 e. The van der Waals surface area contributed by atoms with E-state index in [2.05, 4.69) is 26.7 Å². The average molecular weight is 268 g/mol. The molecular weight excluding hydrogens is 258 g/mol. The topological polar surface area (TPSA) is 50.1 Å². The molecule has 15 heavy (non-hydrogen) atoms. The van der Waals surface area contributed by atoms with Gasteiger partial charge in [0.05, 0.1) is 25.2 Å². The molecule has 0 saturated carbocycles. The maximum atomic E-state index is 11.1. The Balaban J connectivity index is 2.99. The van der Waals surface area contributed by atoms with Gasteiger partial charge in [-0.1, -0.05) is 28.1 Å². The smallest absolute Gasteiger partial charge is 0.310 e. The van der Waals surface area contributed by atoms with Crippen LogP contribution in [0, 0.1) is 11.3 Å². The maximum absolute atomic E-state index is 11.1. The molecule has 1 aromatic carbocycles. The molecule has 0 N–H and O–H groups in total. The standard InChI is InChI=1S/C11H10BrNO2/c1-15-11(14)5-9-3-2-8(6-12)4-10(9)7-13/h2-4H,5-6H2,1H3. The summed E-state index contributed by atoms with van der Waals surface area (Å²) in [5.74, 6) is -0.335. The van der Waals surface area contributed by atoms with E-state index in [0.717, 1.165) is 5.56 Å². The van der Waals surface area contributed by atoms with Crippen LogP contribution in [0.1, 0.15) is 16.7 Å². The van der Waals surface area contributed by atoms with Gasteiger partial charge in [0, 0.05) is 5.33 Å². The van der Waals surface area contributed by atoms with Crippen molar-refractivity contribution < 1.29 is 9.53 Å². The van der Waals surface area contributed by atoms with Gasteiger partial charge in [0.2, 0.25) is 0 Å². The largest absolute Gasteiger partial charge is 0.469 e. The molecule has 0 amide bonds. The van der Waals surface area contributed by atoms with Gasteiger partial charge >= 0.3 is 5.97 Å². The third kappa shape index (κ3) is 3.07. The lowest BCUT2D eigenvalue weighted by atomic mass is 10.0. The van der Waals surface area contributed by atoms with Crippen LogP contribution in [0.4, 0.5) is 0 Å². The van der Waals surface area contributed by atoms with Gasteiger partial charge in [-0.15, -0.1) is 0 Å². The zero-order chi connectivity index (χ0) is 11.3.